The van der Waals surface area contributed by atoms with Crippen molar-refractivity contribution in [3.63, 3.8) is 0 Å². The summed E-state index contributed by atoms with van der Waals surface area (Å²) in [6.45, 7) is 0.711. The fraction of sp³-hybridized carbons (Fsp3) is 0.500. The second-order valence-electron chi connectivity index (χ2n) is 3.02. The van der Waals surface area contributed by atoms with E-state index in [2.05, 4.69) is 15.3 Å². The van der Waals surface area contributed by atoms with Gasteiger partial charge in [0.2, 0.25) is 5.95 Å². The van der Waals surface area contributed by atoms with Gasteiger partial charge in [-0.05, 0) is 25.8 Å². The summed E-state index contributed by atoms with van der Waals surface area (Å²) in [6.07, 6.45) is 4.73. The van der Waals surface area contributed by atoms with Crippen molar-refractivity contribution in [1.82, 2.24) is 9.97 Å². The zero-order valence-corrected chi connectivity index (χ0v) is 8.01. The predicted octanol–water partition coefficient (Wildman–Crippen LogP) is -0.00353. The van der Waals surface area contributed by atoms with Gasteiger partial charge in [-0.3, -0.25) is 10.7 Å². The van der Waals surface area contributed by atoms with E-state index in [0.29, 0.717) is 12.5 Å². The zero-order valence-electron chi connectivity index (χ0n) is 8.01. The van der Waals surface area contributed by atoms with Crippen LogP contribution in [0.25, 0.3) is 0 Å². The van der Waals surface area contributed by atoms with E-state index in [1.54, 1.807) is 0 Å². The summed E-state index contributed by atoms with van der Waals surface area (Å²) in [7, 11) is 0. The van der Waals surface area contributed by atoms with Gasteiger partial charge in [0.25, 0.3) is 0 Å². The van der Waals surface area contributed by atoms with E-state index in [4.69, 9.17) is 16.9 Å². The molecule has 0 spiro atoms. The van der Waals surface area contributed by atoms with E-state index < -0.39 is 0 Å². The molecule has 78 valence electrons. The summed E-state index contributed by atoms with van der Waals surface area (Å²) in [5.41, 5.74) is 11.5. The summed E-state index contributed by atoms with van der Waals surface area (Å²) >= 11 is 0. The highest BCUT2D eigenvalue weighted by Crippen LogP contribution is 2.05. The van der Waals surface area contributed by atoms with Gasteiger partial charge in [-0.1, -0.05) is 0 Å². The standard InChI is InChI=1S/C8H16N6/c9-4-2-1-3-6-5-12-8(13-6)14-7(10)11/h5H,1-4,9H2,(H5,10,11,12,13,14). The Morgan fingerprint density at radius 1 is 1.57 bits per heavy atom. The molecule has 6 heteroatoms. The number of guanidine groups is 1. The number of rotatable bonds is 5. The van der Waals surface area contributed by atoms with Gasteiger partial charge < -0.3 is 16.5 Å². The molecule has 0 aromatic carbocycles. The molecule has 1 aromatic rings. The average molecular weight is 196 g/mol. The number of H-pyrrole nitrogens is 1. The van der Waals surface area contributed by atoms with Gasteiger partial charge >= 0.3 is 0 Å². The first-order valence-electron chi connectivity index (χ1n) is 4.58. The second kappa shape index (κ2) is 5.23. The van der Waals surface area contributed by atoms with E-state index in [0.717, 1.165) is 25.0 Å². The third-order valence-corrected chi connectivity index (χ3v) is 1.77. The molecule has 0 atom stereocenters. The Morgan fingerprint density at radius 2 is 2.36 bits per heavy atom. The van der Waals surface area contributed by atoms with Gasteiger partial charge in [-0.25, -0.2) is 4.98 Å². The molecule has 0 saturated heterocycles. The summed E-state index contributed by atoms with van der Waals surface area (Å²) < 4.78 is 0. The topological polar surface area (TPSA) is 117 Å². The second-order valence-corrected chi connectivity index (χ2v) is 3.02. The fourth-order valence-corrected chi connectivity index (χ4v) is 1.13. The van der Waals surface area contributed by atoms with E-state index in [1.807, 2.05) is 6.20 Å². The van der Waals surface area contributed by atoms with Crippen LogP contribution in [0.1, 0.15) is 18.5 Å². The molecule has 0 amide bonds. The molecule has 0 aliphatic rings. The van der Waals surface area contributed by atoms with Crippen molar-refractivity contribution >= 4 is 11.9 Å². The third-order valence-electron chi connectivity index (χ3n) is 1.77. The Labute approximate surface area is 82.6 Å². The minimum Gasteiger partial charge on any atom is -0.370 e. The lowest BCUT2D eigenvalue weighted by molar-refractivity contribution is 0.735. The minimum absolute atomic E-state index is 0.118. The number of imidazole rings is 1. The highest BCUT2D eigenvalue weighted by atomic mass is 15.2. The molecule has 14 heavy (non-hydrogen) atoms. The molecule has 0 aliphatic carbocycles. The van der Waals surface area contributed by atoms with Crippen LogP contribution in [0.5, 0.6) is 0 Å². The van der Waals surface area contributed by atoms with Crippen LogP contribution >= 0.6 is 0 Å². The number of unbranched alkanes of at least 4 members (excludes halogenated alkanes) is 1. The van der Waals surface area contributed by atoms with E-state index in [1.165, 1.54) is 0 Å². The van der Waals surface area contributed by atoms with Crippen LogP contribution in [-0.2, 0) is 6.42 Å². The molecular formula is C8H16N6. The van der Waals surface area contributed by atoms with Gasteiger partial charge in [-0.15, -0.1) is 0 Å². The number of nitrogens with zero attached hydrogens (tertiary/aromatic N) is 1. The Kier molecular flexibility index (Phi) is 3.93. The van der Waals surface area contributed by atoms with Gasteiger partial charge in [0.05, 0.1) is 5.69 Å². The molecule has 0 fully saturated rings. The molecule has 0 saturated carbocycles. The Morgan fingerprint density at radius 3 is 3.00 bits per heavy atom. The monoisotopic (exact) mass is 196 g/mol. The molecular weight excluding hydrogens is 180 g/mol. The number of hydrogen-bond acceptors (Lipinski definition) is 3. The number of nitrogens with two attached hydrogens (primary N) is 2. The van der Waals surface area contributed by atoms with Crippen LogP contribution in [0, 0.1) is 5.41 Å². The van der Waals surface area contributed by atoms with Crippen molar-refractivity contribution in [1.29, 1.82) is 5.41 Å². The Hall–Kier alpha value is -1.56. The van der Waals surface area contributed by atoms with Gasteiger partial charge in [0, 0.05) is 6.20 Å². The number of aromatic amines is 1. The number of anilines is 1. The minimum atomic E-state index is -0.118. The molecule has 0 aliphatic heterocycles. The van der Waals surface area contributed by atoms with Crippen molar-refractivity contribution in [2.75, 3.05) is 11.9 Å². The number of aryl methyl sites for hydroxylation is 1. The normalized spacial score (nSPS) is 10.1. The Balaban J connectivity index is 2.38. The van der Waals surface area contributed by atoms with Gasteiger partial charge in [-0.2, -0.15) is 0 Å². The van der Waals surface area contributed by atoms with Crippen molar-refractivity contribution in [2.24, 2.45) is 11.5 Å². The molecule has 0 radical (unpaired) electrons. The van der Waals surface area contributed by atoms with Crippen LogP contribution in [0.15, 0.2) is 6.20 Å². The first kappa shape index (κ1) is 10.5. The lowest BCUT2D eigenvalue weighted by atomic mass is 10.2. The van der Waals surface area contributed by atoms with Crippen LogP contribution in [0.2, 0.25) is 0 Å². The van der Waals surface area contributed by atoms with Crippen LogP contribution < -0.4 is 16.8 Å². The number of nitrogens with one attached hydrogen (secondary N) is 3. The summed E-state index contributed by atoms with van der Waals surface area (Å²) in [6, 6.07) is 0. The number of aromatic nitrogens is 2. The average Bonchev–Trinajstić information content (AvgIpc) is 2.52. The molecule has 7 N–H and O–H groups in total. The largest absolute Gasteiger partial charge is 0.370 e. The summed E-state index contributed by atoms with van der Waals surface area (Å²) in [5, 5.41) is 9.58. The van der Waals surface area contributed by atoms with E-state index in [9.17, 15) is 0 Å². The lowest BCUT2D eigenvalue weighted by Crippen LogP contribution is -2.21. The fourth-order valence-electron chi connectivity index (χ4n) is 1.13. The molecule has 0 unspecified atom stereocenters. The SMILES string of the molecule is N=C(N)Nc1nc(CCCCN)c[nH]1. The smallest absolute Gasteiger partial charge is 0.207 e. The molecule has 1 aromatic heterocycles. The molecule has 0 bridgehead atoms. The quantitative estimate of drug-likeness (QED) is 0.259. The highest BCUT2D eigenvalue weighted by Gasteiger charge is 2.00. The molecule has 1 heterocycles. The highest BCUT2D eigenvalue weighted by molar-refractivity contribution is 5.87. The van der Waals surface area contributed by atoms with Gasteiger partial charge in [0.1, 0.15) is 0 Å². The summed E-state index contributed by atoms with van der Waals surface area (Å²) in [4.78, 5) is 7.08. The van der Waals surface area contributed by atoms with Crippen LogP contribution in [0.3, 0.4) is 0 Å². The predicted molar refractivity (Wildman–Crippen MR) is 56.1 cm³/mol. The Bertz CT molecular complexity index is 292. The molecule has 6 nitrogen and oxygen atoms in total. The number of hydrogen-bond donors (Lipinski definition) is 5. The van der Waals surface area contributed by atoms with Crippen molar-refractivity contribution in [2.45, 2.75) is 19.3 Å². The van der Waals surface area contributed by atoms with Crippen molar-refractivity contribution < 1.29 is 0 Å². The lowest BCUT2D eigenvalue weighted by Gasteiger charge is -1.96. The van der Waals surface area contributed by atoms with Crippen LogP contribution in [0.4, 0.5) is 5.95 Å². The first-order chi connectivity index (χ1) is 6.72. The summed E-state index contributed by atoms with van der Waals surface area (Å²) in [5.74, 6) is 0.396. The van der Waals surface area contributed by atoms with E-state index in [-0.39, 0.29) is 5.96 Å². The maximum absolute atomic E-state index is 7.00. The van der Waals surface area contributed by atoms with Crippen molar-refractivity contribution in [3.05, 3.63) is 11.9 Å². The molecule has 1 rings (SSSR count). The first-order valence-corrected chi connectivity index (χ1v) is 4.58. The van der Waals surface area contributed by atoms with Gasteiger partial charge in [0.15, 0.2) is 5.96 Å². The van der Waals surface area contributed by atoms with Crippen molar-refractivity contribution in [3.8, 4) is 0 Å². The van der Waals surface area contributed by atoms with Crippen LogP contribution in [-0.4, -0.2) is 22.5 Å². The van der Waals surface area contributed by atoms with E-state index >= 15 is 0 Å². The zero-order chi connectivity index (χ0) is 10.4. The maximum atomic E-state index is 7.00. The maximum Gasteiger partial charge on any atom is 0.207 e. The third kappa shape index (κ3) is 3.44.